The lowest BCUT2D eigenvalue weighted by Crippen LogP contribution is -2.20. The molecule has 6 nitrogen and oxygen atoms in total. The Balaban J connectivity index is 1.67. The molecule has 1 N–H and O–H groups in total. The minimum absolute atomic E-state index is 0.108. The molecule has 2 heterocycles. The quantitative estimate of drug-likeness (QED) is 0.786. The van der Waals surface area contributed by atoms with Gasteiger partial charge in [-0.1, -0.05) is 11.6 Å². The number of anilines is 1. The summed E-state index contributed by atoms with van der Waals surface area (Å²) in [7, 11) is 1.81. The number of nitrogens with zero attached hydrogens (tertiary/aromatic N) is 3. The van der Waals surface area contributed by atoms with Gasteiger partial charge in [-0.15, -0.1) is 0 Å². The molecule has 0 aliphatic carbocycles. The van der Waals surface area contributed by atoms with Crippen molar-refractivity contribution in [2.75, 3.05) is 11.9 Å². The molecule has 3 aromatic rings. The van der Waals surface area contributed by atoms with E-state index in [-0.39, 0.29) is 23.3 Å². The number of hydrogen-bond acceptors (Lipinski definition) is 4. The van der Waals surface area contributed by atoms with E-state index in [9.17, 15) is 9.18 Å². The number of rotatable bonds is 4. The van der Waals surface area contributed by atoms with E-state index >= 15 is 0 Å². The number of pyridine rings is 1. The van der Waals surface area contributed by atoms with Crippen molar-refractivity contribution in [1.82, 2.24) is 14.8 Å². The third kappa shape index (κ3) is 3.30. The first-order valence-corrected chi connectivity index (χ1v) is 7.49. The maximum atomic E-state index is 13.0. The van der Waals surface area contributed by atoms with Gasteiger partial charge in [0, 0.05) is 12.4 Å². The van der Waals surface area contributed by atoms with Crippen LogP contribution >= 0.6 is 11.6 Å². The van der Waals surface area contributed by atoms with Gasteiger partial charge in [-0.25, -0.2) is 9.37 Å². The van der Waals surface area contributed by atoms with Gasteiger partial charge in [0.1, 0.15) is 11.6 Å². The molecule has 8 heteroatoms. The molecular weight excluding hydrogens is 335 g/mol. The fourth-order valence-corrected chi connectivity index (χ4v) is 2.53. The zero-order valence-corrected chi connectivity index (χ0v) is 13.8. The summed E-state index contributed by atoms with van der Waals surface area (Å²) in [5, 5.41) is 7.93. The molecule has 0 saturated carbocycles. The number of fused-ring (bicyclic) bond motifs is 1. The van der Waals surface area contributed by atoms with Crippen LogP contribution in [0.15, 0.2) is 30.5 Å². The number of aryl methyl sites for hydroxylation is 2. The van der Waals surface area contributed by atoms with Gasteiger partial charge >= 0.3 is 0 Å². The lowest BCUT2D eigenvalue weighted by Gasteiger charge is -2.09. The molecule has 124 valence electrons. The van der Waals surface area contributed by atoms with Crippen LogP contribution in [0.5, 0.6) is 5.75 Å². The second-order valence-electron chi connectivity index (χ2n) is 5.22. The van der Waals surface area contributed by atoms with Crippen LogP contribution in [0.2, 0.25) is 5.02 Å². The van der Waals surface area contributed by atoms with Crippen LogP contribution in [0.3, 0.4) is 0 Å². The standard InChI is InChI=1S/C16H14ClFN4O2/c1-9-12-6-11(7-19-16(12)22(2)21-9)20-15(23)8-24-14-4-3-10(18)5-13(14)17/h3-7H,8H2,1-2H3,(H,20,23). The van der Waals surface area contributed by atoms with Crippen molar-refractivity contribution in [2.24, 2.45) is 7.05 Å². The van der Waals surface area contributed by atoms with Gasteiger partial charge in [0.25, 0.3) is 5.91 Å². The predicted molar refractivity (Wildman–Crippen MR) is 88.8 cm³/mol. The molecule has 1 aromatic carbocycles. The second kappa shape index (κ2) is 6.45. The summed E-state index contributed by atoms with van der Waals surface area (Å²) in [6.07, 6.45) is 1.55. The fraction of sp³-hybridized carbons (Fsp3) is 0.188. The van der Waals surface area contributed by atoms with Crippen LogP contribution in [-0.4, -0.2) is 27.3 Å². The van der Waals surface area contributed by atoms with E-state index in [4.69, 9.17) is 16.3 Å². The van der Waals surface area contributed by atoms with Crippen LogP contribution in [-0.2, 0) is 11.8 Å². The maximum absolute atomic E-state index is 13.0. The topological polar surface area (TPSA) is 69.0 Å². The summed E-state index contributed by atoms with van der Waals surface area (Å²) in [6, 6.07) is 5.50. The first kappa shape index (κ1) is 16.2. The third-order valence-electron chi connectivity index (χ3n) is 3.40. The number of nitrogens with one attached hydrogen (secondary N) is 1. The number of carbonyl (C=O) groups excluding carboxylic acids is 1. The van der Waals surface area contributed by atoms with Gasteiger partial charge in [0.15, 0.2) is 12.3 Å². The van der Waals surface area contributed by atoms with E-state index in [0.29, 0.717) is 5.69 Å². The molecule has 1 amide bonds. The number of benzene rings is 1. The SMILES string of the molecule is Cc1nn(C)c2ncc(NC(=O)COc3ccc(F)cc3Cl)cc12. The molecular formula is C16H14ClFN4O2. The molecule has 24 heavy (non-hydrogen) atoms. The van der Waals surface area contributed by atoms with Crippen LogP contribution in [0.1, 0.15) is 5.69 Å². The zero-order chi connectivity index (χ0) is 17.3. The largest absolute Gasteiger partial charge is 0.482 e. The van der Waals surface area contributed by atoms with E-state index in [1.165, 1.54) is 12.1 Å². The van der Waals surface area contributed by atoms with E-state index in [2.05, 4.69) is 15.4 Å². The van der Waals surface area contributed by atoms with E-state index < -0.39 is 5.82 Å². The zero-order valence-electron chi connectivity index (χ0n) is 13.0. The van der Waals surface area contributed by atoms with Gasteiger partial charge in [0.05, 0.1) is 22.6 Å². The molecule has 0 spiro atoms. The number of aromatic nitrogens is 3. The molecule has 2 aromatic heterocycles. The molecule has 0 aliphatic rings. The number of ether oxygens (including phenoxy) is 1. The summed E-state index contributed by atoms with van der Waals surface area (Å²) in [6.45, 7) is 1.62. The van der Waals surface area contributed by atoms with Crippen LogP contribution in [0, 0.1) is 12.7 Å². The smallest absolute Gasteiger partial charge is 0.262 e. The minimum atomic E-state index is -0.469. The van der Waals surface area contributed by atoms with Crippen molar-refractivity contribution in [3.05, 3.63) is 47.0 Å². The minimum Gasteiger partial charge on any atom is -0.482 e. The maximum Gasteiger partial charge on any atom is 0.262 e. The van der Waals surface area contributed by atoms with Crippen molar-refractivity contribution in [2.45, 2.75) is 6.92 Å². The molecule has 3 rings (SSSR count). The molecule has 0 fully saturated rings. The average Bonchev–Trinajstić information content (AvgIpc) is 2.81. The van der Waals surface area contributed by atoms with Crippen LogP contribution in [0.25, 0.3) is 11.0 Å². The van der Waals surface area contributed by atoms with Gasteiger partial charge < -0.3 is 10.1 Å². The highest BCUT2D eigenvalue weighted by atomic mass is 35.5. The third-order valence-corrected chi connectivity index (χ3v) is 3.69. The summed E-state index contributed by atoms with van der Waals surface area (Å²) in [4.78, 5) is 16.3. The van der Waals surface area contributed by atoms with Crippen molar-refractivity contribution in [1.29, 1.82) is 0 Å². The molecule has 0 saturated heterocycles. The Bertz CT molecular complexity index is 926. The Hall–Kier alpha value is -2.67. The van der Waals surface area contributed by atoms with Crippen molar-refractivity contribution >= 4 is 34.2 Å². The van der Waals surface area contributed by atoms with Gasteiger partial charge in [-0.2, -0.15) is 5.10 Å². The summed E-state index contributed by atoms with van der Waals surface area (Å²) < 4.78 is 19.9. The van der Waals surface area contributed by atoms with Crippen LogP contribution in [0.4, 0.5) is 10.1 Å². The molecule has 0 unspecified atom stereocenters. The molecule has 0 atom stereocenters. The van der Waals surface area contributed by atoms with E-state index in [1.54, 1.807) is 24.0 Å². The Morgan fingerprint density at radius 2 is 2.21 bits per heavy atom. The Kier molecular flexibility index (Phi) is 4.35. The first-order valence-electron chi connectivity index (χ1n) is 7.11. The van der Waals surface area contributed by atoms with E-state index in [0.717, 1.165) is 22.8 Å². The Morgan fingerprint density at radius 3 is 2.96 bits per heavy atom. The predicted octanol–water partition coefficient (Wildman–Crippen LogP) is 3.09. The molecule has 0 aliphatic heterocycles. The summed E-state index contributed by atoms with van der Waals surface area (Å²) in [5.74, 6) is -0.606. The number of carbonyl (C=O) groups is 1. The molecule has 0 radical (unpaired) electrons. The Morgan fingerprint density at radius 1 is 1.42 bits per heavy atom. The lowest BCUT2D eigenvalue weighted by molar-refractivity contribution is -0.118. The first-order chi connectivity index (χ1) is 11.4. The van der Waals surface area contributed by atoms with Crippen LogP contribution < -0.4 is 10.1 Å². The summed E-state index contributed by atoms with van der Waals surface area (Å²) >= 11 is 5.84. The van der Waals surface area contributed by atoms with Crippen molar-refractivity contribution in [3.8, 4) is 5.75 Å². The lowest BCUT2D eigenvalue weighted by atomic mass is 10.2. The monoisotopic (exact) mass is 348 g/mol. The van der Waals surface area contributed by atoms with Crippen molar-refractivity contribution in [3.63, 3.8) is 0 Å². The number of amides is 1. The van der Waals surface area contributed by atoms with Gasteiger partial charge in [-0.05, 0) is 31.2 Å². The number of halogens is 2. The van der Waals surface area contributed by atoms with Crippen molar-refractivity contribution < 1.29 is 13.9 Å². The highest BCUT2D eigenvalue weighted by Crippen LogP contribution is 2.25. The van der Waals surface area contributed by atoms with E-state index in [1.807, 2.05) is 6.92 Å². The number of hydrogen-bond donors (Lipinski definition) is 1. The highest BCUT2D eigenvalue weighted by molar-refractivity contribution is 6.32. The second-order valence-corrected chi connectivity index (χ2v) is 5.62. The molecule has 0 bridgehead atoms. The van der Waals surface area contributed by atoms with Gasteiger partial charge in [-0.3, -0.25) is 9.48 Å². The normalized spacial score (nSPS) is 10.8. The van der Waals surface area contributed by atoms with Gasteiger partial charge in [0.2, 0.25) is 0 Å². The fourth-order valence-electron chi connectivity index (χ4n) is 2.31. The highest BCUT2D eigenvalue weighted by Gasteiger charge is 2.10. The Labute approximate surface area is 142 Å². The summed E-state index contributed by atoms with van der Waals surface area (Å²) in [5.41, 5.74) is 2.10. The average molecular weight is 349 g/mol.